The fraction of sp³-hybridized carbons (Fsp3) is 0. The zero-order valence-corrected chi connectivity index (χ0v) is 16.6. The molecule has 5 rings (SSSR count). The van der Waals surface area contributed by atoms with Gasteiger partial charge in [0, 0.05) is 11.1 Å². The number of rotatable bonds is 4. The quantitative estimate of drug-likeness (QED) is 0.439. The average molecular weight is 439 g/mol. The van der Waals surface area contributed by atoms with E-state index in [1.165, 1.54) is 54.6 Å². The molecule has 0 atom stereocenters. The van der Waals surface area contributed by atoms with E-state index in [2.05, 4.69) is 0 Å². The summed E-state index contributed by atoms with van der Waals surface area (Å²) in [7, 11) is 0. The van der Waals surface area contributed by atoms with E-state index in [0.717, 1.165) is 0 Å². The Morgan fingerprint density at radius 1 is 0.545 bits per heavy atom. The lowest BCUT2D eigenvalue weighted by atomic mass is 9.98. The molecule has 2 heterocycles. The van der Waals surface area contributed by atoms with Gasteiger partial charge in [0.1, 0.15) is 0 Å². The molecule has 160 valence electrons. The molecule has 0 bridgehead atoms. The average Bonchev–Trinajstić information content (AvgIpc) is 3.22. The van der Waals surface area contributed by atoms with Crippen LogP contribution in [0.2, 0.25) is 0 Å². The molecule has 3 aromatic rings. The summed E-state index contributed by atoms with van der Waals surface area (Å²) in [5, 5.41) is 11.9. The molecule has 0 saturated heterocycles. The number of nitrogens with zero attached hydrogens (tertiary/aromatic N) is 2. The van der Waals surface area contributed by atoms with Gasteiger partial charge < -0.3 is 9.90 Å². The number of amides is 4. The monoisotopic (exact) mass is 439 g/mol. The zero-order chi connectivity index (χ0) is 23.4. The van der Waals surface area contributed by atoms with Crippen molar-refractivity contribution in [2.24, 2.45) is 0 Å². The largest absolute Gasteiger partial charge is 0.545 e. The van der Waals surface area contributed by atoms with Gasteiger partial charge in [-0.15, -0.1) is 0 Å². The minimum atomic E-state index is -1.39. The first-order valence-corrected chi connectivity index (χ1v) is 9.66. The van der Waals surface area contributed by atoms with Gasteiger partial charge in [-0.1, -0.05) is 42.5 Å². The van der Waals surface area contributed by atoms with Crippen LogP contribution in [0.4, 0.5) is 0 Å². The summed E-state index contributed by atoms with van der Waals surface area (Å²) in [6.45, 7) is 0. The van der Waals surface area contributed by atoms with Gasteiger partial charge in [-0.25, -0.2) is 0 Å². The molecule has 2 aliphatic heterocycles. The van der Waals surface area contributed by atoms with Gasteiger partial charge in [-0.3, -0.25) is 24.0 Å². The number of aromatic carboxylic acids is 1. The van der Waals surface area contributed by atoms with E-state index >= 15 is 0 Å². The SMILES string of the molecule is O=C([O-])c1ccc(C(=O)c2ccc3c(c2)C(=O)N(N2C(=O)c4ccccc4C2=O)C3=O)cc1. The highest BCUT2D eigenvalue weighted by atomic mass is 16.4. The van der Waals surface area contributed by atoms with Crippen molar-refractivity contribution in [1.29, 1.82) is 0 Å². The summed E-state index contributed by atoms with van der Waals surface area (Å²) >= 11 is 0. The number of ketones is 1. The van der Waals surface area contributed by atoms with Crippen LogP contribution in [0.15, 0.2) is 66.7 Å². The predicted octanol–water partition coefficient (Wildman–Crippen LogP) is 1.09. The first-order valence-electron chi connectivity index (χ1n) is 9.66. The van der Waals surface area contributed by atoms with Crippen molar-refractivity contribution in [3.63, 3.8) is 0 Å². The van der Waals surface area contributed by atoms with Gasteiger partial charge in [-0.05, 0) is 29.8 Å². The molecule has 0 aromatic heterocycles. The van der Waals surface area contributed by atoms with Gasteiger partial charge in [0.2, 0.25) is 0 Å². The van der Waals surface area contributed by atoms with E-state index in [-0.39, 0.29) is 38.9 Å². The number of carboxylic acids is 1. The Hall–Kier alpha value is -4.92. The van der Waals surface area contributed by atoms with Crippen LogP contribution in [0.1, 0.15) is 67.7 Å². The first kappa shape index (κ1) is 20.0. The highest BCUT2D eigenvalue weighted by Gasteiger charge is 2.48. The van der Waals surface area contributed by atoms with E-state index in [4.69, 9.17) is 0 Å². The normalized spacial score (nSPS) is 14.5. The van der Waals surface area contributed by atoms with Crippen molar-refractivity contribution in [2.75, 3.05) is 0 Å². The maximum Gasteiger partial charge on any atom is 0.281 e. The van der Waals surface area contributed by atoms with Crippen molar-refractivity contribution in [2.45, 2.75) is 0 Å². The second kappa shape index (κ2) is 7.06. The van der Waals surface area contributed by atoms with Crippen molar-refractivity contribution < 1.29 is 33.9 Å². The molecule has 0 N–H and O–H groups in total. The lowest BCUT2D eigenvalue weighted by Gasteiger charge is -2.23. The third-order valence-corrected chi connectivity index (χ3v) is 5.48. The van der Waals surface area contributed by atoms with E-state index in [1.54, 1.807) is 12.1 Å². The van der Waals surface area contributed by atoms with E-state index in [0.29, 0.717) is 10.0 Å². The summed E-state index contributed by atoms with van der Waals surface area (Å²) in [6.07, 6.45) is 0. The van der Waals surface area contributed by atoms with Crippen molar-refractivity contribution in [3.05, 3.63) is 106 Å². The first-order chi connectivity index (χ1) is 15.8. The topological polar surface area (TPSA) is 132 Å². The van der Waals surface area contributed by atoms with Gasteiger partial charge in [0.25, 0.3) is 23.6 Å². The van der Waals surface area contributed by atoms with Crippen LogP contribution in [-0.4, -0.2) is 45.4 Å². The molecule has 0 radical (unpaired) electrons. The Bertz CT molecular complexity index is 1400. The van der Waals surface area contributed by atoms with Crippen LogP contribution >= 0.6 is 0 Å². The van der Waals surface area contributed by atoms with Crippen LogP contribution in [-0.2, 0) is 0 Å². The molecule has 0 unspecified atom stereocenters. The van der Waals surface area contributed by atoms with Crippen molar-refractivity contribution in [3.8, 4) is 0 Å². The van der Waals surface area contributed by atoms with Gasteiger partial charge >= 0.3 is 0 Å². The van der Waals surface area contributed by atoms with Gasteiger partial charge in [0.05, 0.1) is 28.2 Å². The van der Waals surface area contributed by atoms with Crippen LogP contribution < -0.4 is 5.11 Å². The summed E-state index contributed by atoms with van der Waals surface area (Å²) < 4.78 is 0. The molecule has 9 heteroatoms. The second-order valence-corrected chi connectivity index (χ2v) is 7.34. The summed E-state index contributed by atoms with van der Waals surface area (Å²) in [4.78, 5) is 75.1. The highest BCUT2D eigenvalue weighted by molar-refractivity contribution is 6.28. The molecule has 3 aromatic carbocycles. The molecule has 0 aliphatic carbocycles. The Morgan fingerprint density at radius 3 is 1.48 bits per heavy atom. The summed E-state index contributed by atoms with van der Waals surface area (Å²) in [5.74, 6) is -5.26. The number of hydrogen-bond donors (Lipinski definition) is 0. The third-order valence-electron chi connectivity index (χ3n) is 5.48. The summed E-state index contributed by atoms with van der Waals surface area (Å²) in [5.41, 5.74) is 0.103. The van der Waals surface area contributed by atoms with Crippen molar-refractivity contribution >= 4 is 35.4 Å². The fourth-order valence-electron chi connectivity index (χ4n) is 3.83. The molecule has 0 fully saturated rings. The number of hydrogen-bond acceptors (Lipinski definition) is 7. The van der Waals surface area contributed by atoms with Crippen LogP contribution in [0.25, 0.3) is 0 Å². The second-order valence-electron chi connectivity index (χ2n) is 7.34. The minimum absolute atomic E-state index is 0.0552. The smallest absolute Gasteiger partial charge is 0.281 e. The fourth-order valence-corrected chi connectivity index (χ4v) is 3.83. The lowest BCUT2D eigenvalue weighted by Crippen LogP contribution is -2.49. The Kier molecular flexibility index (Phi) is 4.28. The third kappa shape index (κ3) is 2.87. The van der Waals surface area contributed by atoms with E-state index < -0.39 is 35.4 Å². The van der Waals surface area contributed by atoms with Crippen LogP contribution in [0, 0.1) is 0 Å². The molecular formula is C24H11N2O7-. The standard InChI is InChI=1S/C24H12N2O7/c27-19(12-5-7-13(8-6-12)24(32)33)14-9-10-17-18(11-14)23(31)26(22(17)30)25-20(28)15-3-1-2-4-16(15)21(25)29/h1-11H,(H,32,33)/p-1. The lowest BCUT2D eigenvalue weighted by molar-refractivity contribution is -0.255. The van der Waals surface area contributed by atoms with Gasteiger partial charge in [0.15, 0.2) is 5.78 Å². The predicted molar refractivity (Wildman–Crippen MR) is 108 cm³/mol. The number of imide groups is 2. The van der Waals surface area contributed by atoms with E-state index in [9.17, 15) is 33.9 Å². The molecule has 0 spiro atoms. The molecule has 0 saturated carbocycles. The van der Waals surface area contributed by atoms with Crippen molar-refractivity contribution in [1.82, 2.24) is 10.0 Å². The zero-order valence-electron chi connectivity index (χ0n) is 16.6. The Balaban J connectivity index is 1.48. The highest BCUT2D eigenvalue weighted by Crippen LogP contribution is 2.31. The number of carbonyl (C=O) groups excluding carboxylic acids is 6. The number of carboxylic acid groups (broad SMARTS) is 1. The number of benzene rings is 3. The number of hydrazine groups is 1. The maximum atomic E-state index is 13.0. The summed E-state index contributed by atoms with van der Waals surface area (Å²) in [6, 6.07) is 14.8. The minimum Gasteiger partial charge on any atom is -0.545 e. The molecular weight excluding hydrogens is 428 g/mol. The Morgan fingerprint density at radius 2 is 0.970 bits per heavy atom. The maximum absolute atomic E-state index is 13.0. The van der Waals surface area contributed by atoms with E-state index in [1.807, 2.05) is 0 Å². The molecule has 4 amide bonds. The Labute approximate surface area is 185 Å². The molecule has 33 heavy (non-hydrogen) atoms. The van der Waals surface area contributed by atoms with Crippen LogP contribution in [0.3, 0.4) is 0 Å². The van der Waals surface area contributed by atoms with Crippen LogP contribution in [0.5, 0.6) is 0 Å². The molecule has 2 aliphatic rings. The van der Waals surface area contributed by atoms with Gasteiger partial charge in [-0.2, -0.15) is 10.0 Å². The molecule has 9 nitrogen and oxygen atoms in total. The number of carbonyl (C=O) groups is 6. The number of fused-ring (bicyclic) bond motifs is 2.